The van der Waals surface area contributed by atoms with Crippen molar-refractivity contribution < 1.29 is 4.42 Å². The van der Waals surface area contributed by atoms with Gasteiger partial charge in [0, 0.05) is 6.42 Å². The Morgan fingerprint density at radius 3 is 2.80 bits per heavy atom. The Balaban J connectivity index is 2.09. The van der Waals surface area contributed by atoms with E-state index < -0.39 is 0 Å². The monoisotopic (exact) mass is 207 g/mol. The highest BCUT2D eigenvalue weighted by Gasteiger charge is 2.31. The third kappa shape index (κ3) is 2.10. The highest BCUT2D eigenvalue weighted by atomic mass is 16.3. The van der Waals surface area contributed by atoms with E-state index in [1.54, 1.807) is 0 Å². The van der Waals surface area contributed by atoms with Gasteiger partial charge in [0.25, 0.3) is 0 Å². The van der Waals surface area contributed by atoms with Crippen molar-refractivity contribution in [1.29, 1.82) is 0 Å². The van der Waals surface area contributed by atoms with Crippen molar-refractivity contribution in [2.24, 2.45) is 17.6 Å². The smallest absolute Gasteiger partial charge is 0.121 e. The Bertz CT molecular complexity index is 318. The van der Waals surface area contributed by atoms with Crippen LogP contribution in [0.2, 0.25) is 0 Å². The summed E-state index contributed by atoms with van der Waals surface area (Å²) in [5.74, 6) is 3.38. The zero-order chi connectivity index (χ0) is 10.8. The average molecular weight is 207 g/mol. The lowest BCUT2D eigenvalue weighted by Crippen LogP contribution is -2.22. The van der Waals surface area contributed by atoms with E-state index in [0.717, 1.165) is 23.9 Å². The average Bonchev–Trinajstić information content (AvgIpc) is 2.84. The number of hydrogen-bond acceptors (Lipinski definition) is 2. The van der Waals surface area contributed by atoms with Crippen LogP contribution in [0, 0.1) is 11.8 Å². The molecule has 0 amide bonds. The molecular formula is C13H21NO. The zero-order valence-electron chi connectivity index (χ0n) is 9.70. The molecule has 84 valence electrons. The van der Waals surface area contributed by atoms with Gasteiger partial charge in [-0.05, 0) is 30.4 Å². The molecule has 1 aliphatic carbocycles. The number of hydrogen-bond donors (Lipinski definition) is 1. The van der Waals surface area contributed by atoms with Gasteiger partial charge in [0.1, 0.15) is 11.5 Å². The molecule has 2 N–H and O–H groups in total. The summed E-state index contributed by atoms with van der Waals surface area (Å²) < 4.78 is 5.73. The second-order valence-corrected chi connectivity index (χ2v) is 4.76. The molecule has 0 spiro atoms. The van der Waals surface area contributed by atoms with Crippen molar-refractivity contribution in [3.8, 4) is 0 Å². The van der Waals surface area contributed by atoms with Crippen molar-refractivity contribution in [2.45, 2.75) is 45.6 Å². The summed E-state index contributed by atoms with van der Waals surface area (Å²) in [4.78, 5) is 0. The molecule has 1 aromatic heterocycles. The number of nitrogens with two attached hydrogens (primary N) is 1. The molecule has 1 aromatic rings. The van der Waals surface area contributed by atoms with E-state index in [-0.39, 0.29) is 6.04 Å². The normalized spacial score (nSPS) is 28.2. The Morgan fingerprint density at radius 2 is 2.27 bits per heavy atom. The molecule has 0 saturated heterocycles. The number of furan rings is 1. The van der Waals surface area contributed by atoms with Crippen LogP contribution in [-0.2, 0) is 6.42 Å². The molecule has 2 nitrogen and oxygen atoms in total. The van der Waals surface area contributed by atoms with Gasteiger partial charge in [-0.2, -0.15) is 0 Å². The van der Waals surface area contributed by atoms with Crippen LogP contribution >= 0.6 is 0 Å². The maximum absolute atomic E-state index is 6.26. The molecule has 0 radical (unpaired) electrons. The second kappa shape index (κ2) is 4.40. The summed E-state index contributed by atoms with van der Waals surface area (Å²) in [5, 5.41) is 0. The summed E-state index contributed by atoms with van der Waals surface area (Å²) in [6.45, 7) is 4.41. The number of rotatable bonds is 3. The maximum atomic E-state index is 6.26. The molecule has 0 aliphatic heterocycles. The summed E-state index contributed by atoms with van der Waals surface area (Å²) in [7, 11) is 0. The fourth-order valence-electron chi connectivity index (χ4n) is 2.68. The Hall–Kier alpha value is -0.760. The van der Waals surface area contributed by atoms with Crippen molar-refractivity contribution in [3.63, 3.8) is 0 Å². The lowest BCUT2D eigenvalue weighted by Gasteiger charge is -2.21. The fourth-order valence-corrected chi connectivity index (χ4v) is 2.68. The van der Waals surface area contributed by atoms with Gasteiger partial charge in [-0.1, -0.05) is 26.7 Å². The predicted octanol–water partition coefficient (Wildman–Crippen LogP) is 3.28. The largest absolute Gasteiger partial charge is 0.464 e. The van der Waals surface area contributed by atoms with E-state index in [9.17, 15) is 0 Å². The van der Waals surface area contributed by atoms with Gasteiger partial charge in [-0.25, -0.2) is 0 Å². The standard InChI is InChI=1S/C13H21NO/c1-3-10-7-8-12(15-10)13(14)11-6-4-5-9(11)2/h7-9,11,13H,3-6,14H2,1-2H3. The van der Waals surface area contributed by atoms with E-state index in [2.05, 4.69) is 26.0 Å². The molecule has 1 fully saturated rings. The van der Waals surface area contributed by atoms with Crippen LogP contribution in [0.1, 0.15) is 50.7 Å². The topological polar surface area (TPSA) is 39.2 Å². The molecule has 2 heteroatoms. The molecule has 0 aromatic carbocycles. The Morgan fingerprint density at radius 1 is 1.47 bits per heavy atom. The fraction of sp³-hybridized carbons (Fsp3) is 0.692. The van der Waals surface area contributed by atoms with Gasteiger partial charge < -0.3 is 10.2 Å². The van der Waals surface area contributed by atoms with Crippen LogP contribution in [0.25, 0.3) is 0 Å². The summed E-state index contributed by atoms with van der Waals surface area (Å²) in [6, 6.07) is 4.20. The first-order chi connectivity index (χ1) is 7.22. The quantitative estimate of drug-likeness (QED) is 0.826. The first-order valence-corrected chi connectivity index (χ1v) is 6.06. The van der Waals surface area contributed by atoms with Crippen molar-refractivity contribution in [2.75, 3.05) is 0 Å². The first-order valence-electron chi connectivity index (χ1n) is 6.06. The molecule has 1 aliphatic rings. The van der Waals surface area contributed by atoms with Crippen molar-refractivity contribution in [3.05, 3.63) is 23.7 Å². The van der Waals surface area contributed by atoms with Crippen LogP contribution in [0.3, 0.4) is 0 Å². The second-order valence-electron chi connectivity index (χ2n) is 4.76. The zero-order valence-corrected chi connectivity index (χ0v) is 9.70. The summed E-state index contributed by atoms with van der Waals surface area (Å²) in [5.41, 5.74) is 6.26. The minimum absolute atomic E-state index is 0.0998. The first kappa shape index (κ1) is 10.7. The molecular weight excluding hydrogens is 186 g/mol. The number of aryl methyl sites for hydroxylation is 1. The molecule has 0 bridgehead atoms. The maximum Gasteiger partial charge on any atom is 0.121 e. The predicted molar refractivity (Wildman–Crippen MR) is 61.5 cm³/mol. The van der Waals surface area contributed by atoms with Crippen LogP contribution in [0.15, 0.2) is 16.5 Å². The highest BCUT2D eigenvalue weighted by Crippen LogP contribution is 2.39. The summed E-state index contributed by atoms with van der Waals surface area (Å²) >= 11 is 0. The molecule has 15 heavy (non-hydrogen) atoms. The van der Waals surface area contributed by atoms with Crippen LogP contribution in [0.4, 0.5) is 0 Å². The third-order valence-electron chi connectivity index (χ3n) is 3.75. The van der Waals surface area contributed by atoms with Gasteiger partial charge in [-0.15, -0.1) is 0 Å². The Kier molecular flexibility index (Phi) is 3.15. The van der Waals surface area contributed by atoms with Crippen molar-refractivity contribution in [1.82, 2.24) is 0 Å². The van der Waals surface area contributed by atoms with E-state index in [0.29, 0.717) is 5.92 Å². The highest BCUT2D eigenvalue weighted by molar-refractivity contribution is 5.12. The molecule has 3 unspecified atom stereocenters. The minimum Gasteiger partial charge on any atom is -0.464 e. The van der Waals surface area contributed by atoms with Gasteiger partial charge >= 0.3 is 0 Å². The molecule has 1 saturated carbocycles. The summed E-state index contributed by atoms with van der Waals surface area (Å²) in [6.07, 6.45) is 4.85. The van der Waals surface area contributed by atoms with Gasteiger partial charge in [0.2, 0.25) is 0 Å². The van der Waals surface area contributed by atoms with Gasteiger partial charge in [0.15, 0.2) is 0 Å². The SMILES string of the molecule is CCc1ccc(C(N)C2CCCC2C)o1. The van der Waals surface area contributed by atoms with Gasteiger partial charge in [0.05, 0.1) is 6.04 Å². The van der Waals surface area contributed by atoms with Crippen LogP contribution in [-0.4, -0.2) is 0 Å². The third-order valence-corrected chi connectivity index (χ3v) is 3.75. The lowest BCUT2D eigenvalue weighted by molar-refractivity contribution is 0.305. The lowest BCUT2D eigenvalue weighted by atomic mass is 9.89. The van der Waals surface area contributed by atoms with E-state index in [4.69, 9.17) is 10.2 Å². The molecule has 2 rings (SSSR count). The molecule has 1 heterocycles. The van der Waals surface area contributed by atoms with Crippen LogP contribution in [0.5, 0.6) is 0 Å². The minimum atomic E-state index is 0.0998. The Labute approximate surface area is 91.8 Å². The van der Waals surface area contributed by atoms with Gasteiger partial charge in [-0.3, -0.25) is 0 Å². The van der Waals surface area contributed by atoms with E-state index in [1.807, 2.05) is 0 Å². The van der Waals surface area contributed by atoms with Crippen molar-refractivity contribution >= 4 is 0 Å². The molecule has 3 atom stereocenters. The van der Waals surface area contributed by atoms with E-state index in [1.165, 1.54) is 19.3 Å². The van der Waals surface area contributed by atoms with E-state index >= 15 is 0 Å². The van der Waals surface area contributed by atoms with Crippen LogP contribution < -0.4 is 5.73 Å².